The van der Waals surface area contributed by atoms with Crippen molar-refractivity contribution in [3.05, 3.63) is 118 Å². The fraction of sp³-hybridized carbons (Fsp3) is 0.441. The quantitative estimate of drug-likeness (QED) is 0.0403. The lowest BCUT2D eigenvalue weighted by Gasteiger charge is -2.35. The molecule has 2 fully saturated rings. The van der Waals surface area contributed by atoms with Gasteiger partial charge in [0.25, 0.3) is 11.8 Å². The molecule has 2 aliphatic heterocycles. The van der Waals surface area contributed by atoms with E-state index in [2.05, 4.69) is 36.6 Å². The number of amides is 5. The average Bonchev–Trinajstić information content (AvgIpc) is 4.20. The van der Waals surface area contributed by atoms with Crippen LogP contribution in [0.25, 0.3) is 21.5 Å². The van der Waals surface area contributed by atoms with Gasteiger partial charge in [0.2, 0.25) is 27.7 Å². The summed E-state index contributed by atoms with van der Waals surface area (Å²) >= 11 is 1.29. The Hall–Kier alpha value is -7.54. The van der Waals surface area contributed by atoms with Gasteiger partial charge in [-0.15, -0.1) is 6.42 Å². The maximum Gasteiger partial charge on any atom is 0.284 e. The number of thiazole rings is 1. The Labute approximate surface area is 470 Å². The molecule has 4 aromatic heterocycles. The molecule has 420 valence electrons. The lowest BCUT2D eigenvalue weighted by atomic mass is 9.85. The van der Waals surface area contributed by atoms with Gasteiger partial charge in [-0.3, -0.25) is 34.0 Å². The van der Waals surface area contributed by atoms with Gasteiger partial charge in [-0.25, -0.2) is 28.1 Å². The van der Waals surface area contributed by atoms with Gasteiger partial charge in [-0.2, -0.15) is 5.10 Å². The van der Waals surface area contributed by atoms with Crippen molar-refractivity contribution in [2.45, 2.75) is 136 Å². The number of aliphatic hydroxyl groups excluding tert-OH is 1. The number of carbonyl (C=O) groups is 5. The number of likely N-dealkylation sites (tertiary alicyclic amines) is 1. The van der Waals surface area contributed by atoms with Crippen LogP contribution >= 0.6 is 11.3 Å². The predicted molar refractivity (Wildman–Crippen MR) is 307 cm³/mol. The second-order valence-corrected chi connectivity index (χ2v) is 25.0. The minimum Gasteiger partial charge on any atom is -0.391 e. The third kappa shape index (κ3) is 13.7. The lowest BCUT2D eigenvalue weighted by Crippen LogP contribution is -2.57. The Morgan fingerprint density at radius 3 is 2.46 bits per heavy atom. The van der Waals surface area contributed by atoms with E-state index < -0.39 is 63.0 Å². The van der Waals surface area contributed by atoms with E-state index in [1.165, 1.54) is 35.5 Å². The molecular formula is C59H69N11O8S2. The predicted octanol–water partition coefficient (Wildman–Crippen LogP) is 7.06. The zero-order valence-corrected chi connectivity index (χ0v) is 47.3. The molecule has 80 heavy (non-hydrogen) atoms. The van der Waals surface area contributed by atoms with Crippen molar-refractivity contribution < 1.29 is 37.5 Å². The normalized spacial score (nSPS) is 17.1. The van der Waals surface area contributed by atoms with Crippen molar-refractivity contribution >= 4 is 72.2 Å². The first-order valence-corrected chi connectivity index (χ1v) is 29.9. The number of carbonyl (C=O) groups excluding carboxylic acids is 5. The van der Waals surface area contributed by atoms with Gasteiger partial charge >= 0.3 is 0 Å². The van der Waals surface area contributed by atoms with Crippen LogP contribution in [0, 0.1) is 30.6 Å². The molecule has 9 rings (SSSR count). The molecule has 21 heteroatoms. The number of unbranched alkanes of at least 4 members (excludes halogenated alkanes) is 2. The third-order valence-electron chi connectivity index (χ3n) is 15.3. The van der Waals surface area contributed by atoms with E-state index in [1.807, 2.05) is 40.8 Å². The molecule has 2 aromatic carbocycles. The molecule has 19 nitrogen and oxygen atoms in total. The number of fused-ring (bicyclic) bond motifs is 2. The number of nitrogens with zero attached hydrogens (tertiary/aromatic N) is 7. The summed E-state index contributed by atoms with van der Waals surface area (Å²) in [6, 6.07) is 18.0. The van der Waals surface area contributed by atoms with E-state index in [0.29, 0.717) is 75.4 Å². The van der Waals surface area contributed by atoms with E-state index >= 15 is 0 Å². The number of aromatic nitrogens is 5. The number of pyridine rings is 2. The number of rotatable bonds is 19. The van der Waals surface area contributed by atoms with Crippen LogP contribution in [0.3, 0.4) is 0 Å². The Balaban J connectivity index is 0.841. The van der Waals surface area contributed by atoms with Crippen LogP contribution in [-0.4, -0.2) is 110 Å². The third-order valence-corrected chi connectivity index (χ3v) is 17.5. The number of sulfonamides is 1. The average molecular weight is 1120 g/mol. The number of benzene rings is 2. The van der Waals surface area contributed by atoms with Crippen LogP contribution < -0.4 is 25.6 Å². The molecule has 0 spiro atoms. The number of aliphatic hydroxyl groups is 1. The zero-order chi connectivity index (χ0) is 56.7. The van der Waals surface area contributed by atoms with Crippen LogP contribution in [-0.2, 0) is 50.5 Å². The molecule has 6 aromatic rings. The van der Waals surface area contributed by atoms with Gasteiger partial charge in [-0.05, 0) is 110 Å². The standard InChI is InChI=1S/C59H69N11O8S2/c1-6-38-21-23-39(24-22-38)32-61-54(74)48-31-42(71)35-69(48)57(76)52(59(3,4)5)65-50(72)20-11-8-12-30-80(77,78)67-55(75)51-43(45-33-62-70(37(45)2)34-40-15-9-7-10-16-40)25-26-49(64-51)68-29-27-41-17-13-18-44(46(41)36-68)53(73)66-58-63-47-19-14-28-60-56(47)79-58/h1,13-14,17-19,21-26,28,33,40,42,48,52,71H,7-12,15-16,20,27,29-32,34-36H2,2-5H3,(H,61,74)(H,65,72)(H,67,75)(H,63,66,73)/t42-,48+,52-/m1/s1. The molecule has 3 aliphatic rings. The van der Waals surface area contributed by atoms with Crippen LogP contribution in [0.5, 0.6) is 0 Å². The number of β-amino-alcohol motifs (C(OH)–C–C–N with tert-alkyl or cyclic N) is 1. The van der Waals surface area contributed by atoms with E-state index in [9.17, 15) is 37.5 Å². The van der Waals surface area contributed by atoms with Gasteiger partial charge in [-0.1, -0.05) is 88.0 Å². The van der Waals surface area contributed by atoms with Crippen LogP contribution in [0.15, 0.2) is 79.1 Å². The summed E-state index contributed by atoms with van der Waals surface area (Å²) in [6.07, 6.45) is 15.1. The Kier molecular flexibility index (Phi) is 17.8. The molecule has 1 saturated heterocycles. The SMILES string of the molecule is C#Cc1ccc(CNC(=O)[C@@H]2C[C@@H](O)CN2C(=O)[C@@H](NC(=O)CCCCCS(=O)(=O)NC(=O)c2nc(N3CCc4cccc(C(=O)Nc5nc6cccnc6s5)c4C3)ccc2-c2cnn(CC3CCCCC3)c2C)C(C)(C)C)cc1. The molecule has 5 N–H and O–H groups in total. The first-order valence-electron chi connectivity index (χ1n) is 27.4. The molecule has 6 heterocycles. The highest BCUT2D eigenvalue weighted by Crippen LogP contribution is 2.34. The van der Waals surface area contributed by atoms with E-state index in [-0.39, 0.29) is 50.4 Å². The van der Waals surface area contributed by atoms with Gasteiger partial charge < -0.3 is 25.5 Å². The van der Waals surface area contributed by atoms with Crippen molar-refractivity contribution in [2.24, 2.45) is 11.3 Å². The van der Waals surface area contributed by atoms with Crippen LogP contribution in [0.2, 0.25) is 0 Å². The monoisotopic (exact) mass is 1120 g/mol. The minimum atomic E-state index is -4.22. The van der Waals surface area contributed by atoms with E-state index in [1.54, 1.807) is 75.6 Å². The highest BCUT2D eigenvalue weighted by atomic mass is 32.2. The van der Waals surface area contributed by atoms with Gasteiger partial charge in [0.05, 0.1) is 18.1 Å². The smallest absolute Gasteiger partial charge is 0.284 e. The van der Waals surface area contributed by atoms with Crippen LogP contribution in [0.1, 0.15) is 134 Å². The Morgan fingerprint density at radius 2 is 1.71 bits per heavy atom. The number of hydrogen-bond acceptors (Lipinski definition) is 14. The maximum absolute atomic E-state index is 14.4. The van der Waals surface area contributed by atoms with Crippen molar-refractivity contribution in [1.29, 1.82) is 0 Å². The molecule has 5 amide bonds. The summed E-state index contributed by atoms with van der Waals surface area (Å²) in [5, 5.41) is 24.4. The number of terminal acetylenes is 1. The number of anilines is 2. The largest absolute Gasteiger partial charge is 0.391 e. The van der Waals surface area contributed by atoms with Gasteiger partial charge in [0, 0.05) is 79.7 Å². The van der Waals surface area contributed by atoms with E-state index in [4.69, 9.17) is 16.5 Å². The second kappa shape index (κ2) is 24.9. The van der Waals surface area contributed by atoms with Crippen molar-refractivity contribution in [3.8, 4) is 23.5 Å². The molecule has 0 unspecified atom stereocenters. The molecule has 3 atom stereocenters. The molecule has 1 aliphatic carbocycles. The summed E-state index contributed by atoms with van der Waals surface area (Å²) in [5.74, 6) is 0.479. The first kappa shape index (κ1) is 57.2. The highest BCUT2D eigenvalue weighted by Gasteiger charge is 2.44. The first-order chi connectivity index (χ1) is 38.3. The summed E-state index contributed by atoms with van der Waals surface area (Å²) < 4.78 is 31.7. The lowest BCUT2D eigenvalue weighted by molar-refractivity contribution is -0.144. The Morgan fingerprint density at radius 1 is 0.925 bits per heavy atom. The maximum atomic E-state index is 14.4. The second-order valence-electron chi connectivity index (χ2n) is 22.2. The van der Waals surface area contributed by atoms with Crippen molar-refractivity contribution in [1.82, 2.24) is 45.0 Å². The topological polar surface area (TPSA) is 251 Å². The number of nitrogens with one attached hydrogen (secondary N) is 4. The molecular weight excluding hydrogens is 1050 g/mol. The van der Waals surface area contributed by atoms with Crippen LogP contribution in [0.4, 0.5) is 10.9 Å². The molecule has 0 radical (unpaired) electrons. The summed E-state index contributed by atoms with van der Waals surface area (Å²) in [4.78, 5) is 87.0. The van der Waals surface area contributed by atoms with Gasteiger partial charge in [0.1, 0.15) is 33.9 Å². The summed E-state index contributed by atoms with van der Waals surface area (Å²) in [6.45, 7) is 9.01. The summed E-state index contributed by atoms with van der Waals surface area (Å²) in [5.41, 5.74) is 5.53. The zero-order valence-electron chi connectivity index (χ0n) is 45.7. The fourth-order valence-electron chi connectivity index (χ4n) is 10.9. The van der Waals surface area contributed by atoms with E-state index in [0.717, 1.165) is 41.8 Å². The molecule has 1 saturated carbocycles. The fourth-order valence-corrected chi connectivity index (χ4v) is 12.7. The minimum absolute atomic E-state index is 0.0147. The highest BCUT2D eigenvalue weighted by molar-refractivity contribution is 7.90. The molecule has 0 bridgehead atoms. The van der Waals surface area contributed by atoms with Crippen molar-refractivity contribution in [2.75, 3.05) is 29.1 Å². The summed E-state index contributed by atoms with van der Waals surface area (Å²) in [7, 11) is -4.22. The Bertz CT molecular complexity index is 3400. The number of hydrogen-bond donors (Lipinski definition) is 5. The van der Waals surface area contributed by atoms with Gasteiger partial charge in [0.15, 0.2) is 5.13 Å². The van der Waals surface area contributed by atoms with Crippen molar-refractivity contribution in [3.63, 3.8) is 0 Å².